The molecular formula is C16H16N4. The number of hydrogen-bond acceptors (Lipinski definition) is 3. The lowest BCUT2D eigenvalue weighted by Crippen LogP contribution is -1.99. The second-order valence-electron chi connectivity index (χ2n) is 4.84. The van der Waals surface area contributed by atoms with Gasteiger partial charge in [0.15, 0.2) is 0 Å². The highest BCUT2D eigenvalue weighted by Gasteiger charge is 2.06. The predicted molar refractivity (Wildman–Crippen MR) is 80.2 cm³/mol. The molecule has 20 heavy (non-hydrogen) atoms. The first-order chi connectivity index (χ1) is 9.72. The summed E-state index contributed by atoms with van der Waals surface area (Å²) in [5.41, 5.74) is 10.1. The summed E-state index contributed by atoms with van der Waals surface area (Å²) in [4.78, 5) is 4.15. The van der Waals surface area contributed by atoms with Crippen molar-refractivity contribution in [3.63, 3.8) is 0 Å². The van der Waals surface area contributed by atoms with Crippen molar-refractivity contribution >= 4 is 5.82 Å². The van der Waals surface area contributed by atoms with Crippen LogP contribution in [-0.2, 0) is 6.54 Å². The summed E-state index contributed by atoms with van der Waals surface area (Å²) < 4.78 is 1.93. The van der Waals surface area contributed by atoms with Crippen LogP contribution in [0.3, 0.4) is 0 Å². The molecule has 0 bridgehead atoms. The van der Waals surface area contributed by atoms with Crippen LogP contribution >= 0.6 is 0 Å². The van der Waals surface area contributed by atoms with Crippen molar-refractivity contribution < 1.29 is 0 Å². The summed E-state index contributed by atoms with van der Waals surface area (Å²) in [6.07, 6.45) is 5.70. The van der Waals surface area contributed by atoms with Crippen LogP contribution in [0.2, 0.25) is 0 Å². The molecule has 0 aliphatic heterocycles. The average Bonchev–Trinajstić information content (AvgIpc) is 2.88. The van der Waals surface area contributed by atoms with Crippen LogP contribution in [0.1, 0.15) is 11.1 Å². The van der Waals surface area contributed by atoms with Gasteiger partial charge in [-0.15, -0.1) is 0 Å². The zero-order chi connectivity index (χ0) is 13.9. The van der Waals surface area contributed by atoms with E-state index in [1.165, 1.54) is 5.56 Å². The van der Waals surface area contributed by atoms with Gasteiger partial charge in [0.05, 0.1) is 12.7 Å². The Balaban J connectivity index is 1.87. The van der Waals surface area contributed by atoms with Gasteiger partial charge in [-0.2, -0.15) is 5.10 Å². The molecule has 3 aromatic rings. The summed E-state index contributed by atoms with van der Waals surface area (Å²) in [6, 6.07) is 12.2. The lowest BCUT2D eigenvalue weighted by molar-refractivity contribution is 0.687. The third-order valence-electron chi connectivity index (χ3n) is 3.26. The smallest absolute Gasteiger partial charge is 0.123 e. The Labute approximate surface area is 117 Å². The number of nitrogen functional groups attached to an aromatic ring is 1. The Hall–Kier alpha value is -2.62. The first-order valence-corrected chi connectivity index (χ1v) is 6.51. The average molecular weight is 264 g/mol. The molecular weight excluding hydrogens is 248 g/mol. The molecule has 2 heterocycles. The van der Waals surface area contributed by atoms with E-state index in [2.05, 4.69) is 22.2 Å². The normalized spacial score (nSPS) is 10.7. The Morgan fingerprint density at radius 2 is 1.95 bits per heavy atom. The molecule has 0 saturated heterocycles. The Bertz CT molecular complexity index is 716. The van der Waals surface area contributed by atoms with Crippen molar-refractivity contribution in [1.29, 1.82) is 0 Å². The standard InChI is InChI=1S/C16H16N4/c1-12-7-16(17)18-9-15(12)14-8-19-20(11-14)10-13-5-3-2-4-6-13/h2-9,11H,10H2,1H3,(H2,17,18). The molecule has 100 valence electrons. The topological polar surface area (TPSA) is 56.7 Å². The molecule has 0 aliphatic carbocycles. The molecule has 0 aliphatic rings. The van der Waals surface area contributed by atoms with Crippen molar-refractivity contribution in [3.05, 3.63) is 66.1 Å². The number of hydrogen-bond donors (Lipinski definition) is 1. The number of benzene rings is 1. The zero-order valence-corrected chi connectivity index (χ0v) is 11.3. The fraction of sp³-hybridized carbons (Fsp3) is 0.125. The number of aryl methyl sites for hydroxylation is 1. The van der Waals surface area contributed by atoms with Crippen molar-refractivity contribution in [3.8, 4) is 11.1 Å². The Morgan fingerprint density at radius 3 is 2.70 bits per heavy atom. The summed E-state index contributed by atoms with van der Waals surface area (Å²) in [7, 11) is 0. The van der Waals surface area contributed by atoms with Gasteiger partial charge in [-0.1, -0.05) is 30.3 Å². The van der Waals surface area contributed by atoms with Gasteiger partial charge in [0.2, 0.25) is 0 Å². The van der Waals surface area contributed by atoms with Crippen molar-refractivity contribution in [2.75, 3.05) is 5.73 Å². The summed E-state index contributed by atoms with van der Waals surface area (Å²) in [5, 5.41) is 4.41. The van der Waals surface area contributed by atoms with Crippen LogP contribution in [0.4, 0.5) is 5.82 Å². The van der Waals surface area contributed by atoms with E-state index >= 15 is 0 Å². The monoisotopic (exact) mass is 264 g/mol. The first kappa shape index (κ1) is 12.4. The Morgan fingerprint density at radius 1 is 1.15 bits per heavy atom. The van der Waals surface area contributed by atoms with Crippen LogP contribution in [0.15, 0.2) is 55.0 Å². The van der Waals surface area contributed by atoms with Gasteiger partial charge in [0.1, 0.15) is 5.82 Å². The molecule has 2 aromatic heterocycles. The van der Waals surface area contributed by atoms with Crippen molar-refractivity contribution in [1.82, 2.24) is 14.8 Å². The maximum atomic E-state index is 5.68. The van der Waals surface area contributed by atoms with Gasteiger partial charge < -0.3 is 5.73 Å². The summed E-state index contributed by atoms with van der Waals surface area (Å²) in [5.74, 6) is 0.544. The number of pyridine rings is 1. The molecule has 0 radical (unpaired) electrons. The molecule has 4 heteroatoms. The van der Waals surface area contributed by atoms with E-state index in [9.17, 15) is 0 Å². The minimum absolute atomic E-state index is 0.544. The van der Waals surface area contributed by atoms with E-state index in [0.717, 1.165) is 23.2 Å². The summed E-state index contributed by atoms with van der Waals surface area (Å²) in [6.45, 7) is 2.80. The number of rotatable bonds is 3. The number of nitrogens with two attached hydrogens (primary N) is 1. The van der Waals surface area contributed by atoms with Gasteiger partial charge in [0, 0.05) is 23.5 Å². The third kappa shape index (κ3) is 2.54. The van der Waals surface area contributed by atoms with Crippen molar-refractivity contribution in [2.45, 2.75) is 13.5 Å². The first-order valence-electron chi connectivity index (χ1n) is 6.51. The van der Waals surface area contributed by atoms with E-state index in [1.54, 1.807) is 6.20 Å². The van der Waals surface area contributed by atoms with E-state index in [4.69, 9.17) is 5.73 Å². The number of aromatic nitrogens is 3. The molecule has 0 fully saturated rings. The van der Waals surface area contributed by atoms with Crippen LogP contribution in [-0.4, -0.2) is 14.8 Å². The molecule has 3 rings (SSSR count). The molecule has 0 spiro atoms. The second kappa shape index (κ2) is 5.17. The van der Waals surface area contributed by atoms with E-state index in [-0.39, 0.29) is 0 Å². The molecule has 1 aromatic carbocycles. The lowest BCUT2D eigenvalue weighted by atomic mass is 10.1. The van der Waals surface area contributed by atoms with E-state index in [0.29, 0.717) is 5.82 Å². The third-order valence-corrected chi connectivity index (χ3v) is 3.26. The highest BCUT2D eigenvalue weighted by atomic mass is 15.3. The largest absolute Gasteiger partial charge is 0.384 e. The highest BCUT2D eigenvalue weighted by Crippen LogP contribution is 2.23. The van der Waals surface area contributed by atoms with Gasteiger partial charge in [-0.3, -0.25) is 4.68 Å². The second-order valence-corrected chi connectivity index (χ2v) is 4.84. The number of nitrogens with zero attached hydrogens (tertiary/aromatic N) is 3. The SMILES string of the molecule is Cc1cc(N)ncc1-c1cnn(Cc2ccccc2)c1. The van der Waals surface area contributed by atoms with Crippen LogP contribution < -0.4 is 5.73 Å². The number of anilines is 1. The molecule has 4 nitrogen and oxygen atoms in total. The predicted octanol–water partition coefficient (Wildman–Crippen LogP) is 2.88. The van der Waals surface area contributed by atoms with Gasteiger partial charge in [0.25, 0.3) is 0 Å². The minimum atomic E-state index is 0.544. The highest BCUT2D eigenvalue weighted by molar-refractivity contribution is 5.66. The quantitative estimate of drug-likeness (QED) is 0.791. The zero-order valence-electron chi connectivity index (χ0n) is 11.3. The fourth-order valence-electron chi connectivity index (χ4n) is 2.24. The fourth-order valence-corrected chi connectivity index (χ4v) is 2.24. The van der Waals surface area contributed by atoms with Crippen LogP contribution in [0, 0.1) is 6.92 Å². The van der Waals surface area contributed by atoms with Crippen LogP contribution in [0.25, 0.3) is 11.1 Å². The maximum absolute atomic E-state index is 5.68. The lowest BCUT2D eigenvalue weighted by Gasteiger charge is -2.03. The van der Waals surface area contributed by atoms with Gasteiger partial charge >= 0.3 is 0 Å². The molecule has 0 atom stereocenters. The van der Waals surface area contributed by atoms with E-state index in [1.807, 2.05) is 48.3 Å². The van der Waals surface area contributed by atoms with Crippen LogP contribution in [0.5, 0.6) is 0 Å². The molecule has 0 amide bonds. The van der Waals surface area contributed by atoms with E-state index < -0.39 is 0 Å². The summed E-state index contributed by atoms with van der Waals surface area (Å²) >= 11 is 0. The molecule has 2 N–H and O–H groups in total. The molecule has 0 unspecified atom stereocenters. The van der Waals surface area contributed by atoms with Crippen molar-refractivity contribution in [2.24, 2.45) is 0 Å². The maximum Gasteiger partial charge on any atom is 0.123 e. The van der Waals surface area contributed by atoms with Gasteiger partial charge in [-0.25, -0.2) is 4.98 Å². The van der Waals surface area contributed by atoms with Gasteiger partial charge in [-0.05, 0) is 24.1 Å². The molecule has 0 saturated carbocycles. The Kier molecular flexibility index (Phi) is 3.21. The minimum Gasteiger partial charge on any atom is -0.384 e.